The maximum atomic E-state index is 10.2. The number of halogens is 2. The highest BCUT2D eigenvalue weighted by atomic mass is 35.5. The molecule has 3 aromatic heterocycles. The van der Waals surface area contributed by atoms with Crippen molar-refractivity contribution in [3.05, 3.63) is 56.2 Å². The molecule has 3 aromatic rings. The number of carboxylic acid groups (broad SMARTS) is 1. The van der Waals surface area contributed by atoms with E-state index in [9.17, 15) is 9.59 Å². The minimum absolute atomic E-state index is 0. The van der Waals surface area contributed by atoms with Gasteiger partial charge in [0.25, 0.3) is 0 Å². The van der Waals surface area contributed by atoms with Crippen molar-refractivity contribution in [2.45, 2.75) is 26.2 Å². The Labute approximate surface area is 190 Å². The van der Waals surface area contributed by atoms with Gasteiger partial charge in [0.1, 0.15) is 37.6 Å². The van der Waals surface area contributed by atoms with E-state index in [-0.39, 0.29) is 43.8 Å². The molecular weight excluding hydrogens is 449 g/mol. The van der Waals surface area contributed by atoms with Gasteiger partial charge in [0, 0.05) is 24.8 Å². The van der Waals surface area contributed by atoms with Crippen molar-refractivity contribution in [3.63, 3.8) is 0 Å². The first kappa shape index (κ1) is 29.3. The fraction of sp³-hybridized carbons (Fsp3) is 0.235. The molecule has 3 rings (SSSR count). The molecule has 0 spiro atoms. The van der Waals surface area contributed by atoms with Crippen LogP contribution in [-0.2, 0) is 35.8 Å². The summed E-state index contributed by atoms with van der Waals surface area (Å²) in [7, 11) is 0. The third-order valence-corrected chi connectivity index (χ3v) is 3.03. The number of aromatic nitrogens is 6. The average molecular weight is 470 g/mol. The molecule has 0 atom stereocenters. The zero-order valence-corrected chi connectivity index (χ0v) is 17.8. The van der Waals surface area contributed by atoms with Gasteiger partial charge in [-0.25, -0.2) is 19.1 Å². The maximum Gasteiger partial charge on any atom is 0.323 e. The van der Waals surface area contributed by atoms with Crippen molar-refractivity contribution in [2.75, 3.05) is 0 Å². The first-order valence-electron chi connectivity index (χ1n) is 8.15. The van der Waals surface area contributed by atoms with Gasteiger partial charge in [0.15, 0.2) is 13.1 Å². The number of hydrogen-bond donors (Lipinski definition) is 2. The quantitative estimate of drug-likeness (QED) is 0.353. The smallest absolute Gasteiger partial charge is 0.323 e. The monoisotopic (exact) mass is 469 g/mol. The number of primary amides is 1. The number of rotatable bonds is 6. The summed E-state index contributed by atoms with van der Waals surface area (Å²) in [5.41, 5.74) is 4.90. The summed E-state index contributed by atoms with van der Waals surface area (Å²) >= 11 is 0. The molecule has 0 saturated carbocycles. The first-order valence-corrected chi connectivity index (χ1v) is 8.15. The van der Waals surface area contributed by atoms with Crippen LogP contribution in [-0.4, -0.2) is 40.7 Å². The molecular formula is C17H21Cl2N9O3. The van der Waals surface area contributed by atoms with Crippen LogP contribution in [0.1, 0.15) is 0 Å². The zero-order valence-electron chi connectivity index (χ0n) is 16.2. The minimum atomic E-state index is -0.854. The van der Waals surface area contributed by atoms with Crippen molar-refractivity contribution in [1.29, 1.82) is 10.5 Å². The Bertz CT molecular complexity index is 881. The van der Waals surface area contributed by atoms with Gasteiger partial charge in [-0.3, -0.25) is 9.59 Å². The first-order chi connectivity index (χ1) is 13.9. The van der Waals surface area contributed by atoms with Crippen molar-refractivity contribution in [3.8, 4) is 12.1 Å². The fourth-order valence-corrected chi connectivity index (χ4v) is 1.89. The third-order valence-electron chi connectivity index (χ3n) is 3.03. The molecule has 0 aliphatic rings. The van der Waals surface area contributed by atoms with E-state index in [0.29, 0.717) is 13.1 Å². The SMILES string of the molecule is Cl.N#CCn1cc[n+](CC#N)c1.NC(=O)Cn1ccnc1.O=C(O)Cn1ccnc1.[Cl-]. The Morgan fingerprint density at radius 2 is 1.58 bits per heavy atom. The van der Waals surface area contributed by atoms with Gasteiger partial charge in [-0.15, -0.1) is 12.4 Å². The van der Waals surface area contributed by atoms with E-state index in [2.05, 4.69) is 9.97 Å². The van der Waals surface area contributed by atoms with E-state index in [0.717, 1.165) is 0 Å². The van der Waals surface area contributed by atoms with Crippen LogP contribution in [0, 0.1) is 22.7 Å². The Morgan fingerprint density at radius 1 is 1.00 bits per heavy atom. The number of carbonyl (C=O) groups excluding carboxylic acids is 1. The Kier molecular flexibility index (Phi) is 16.1. The minimum Gasteiger partial charge on any atom is -1.00 e. The molecule has 0 radical (unpaired) electrons. The molecule has 166 valence electrons. The molecule has 3 N–H and O–H groups in total. The molecule has 1 amide bonds. The molecule has 0 unspecified atom stereocenters. The van der Waals surface area contributed by atoms with Crippen LogP contribution in [0.15, 0.2) is 56.2 Å². The topological polar surface area (TPSA) is 172 Å². The van der Waals surface area contributed by atoms with E-state index >= 15 is 0 Å². The van der Waals surface area contributed by atoms with E-state index < -0.39 is 5.97 Å². The highest BCUT2D eigenvalue weighted by molar-refractivity contribution is 5.85. The lowest BCUT2D eigenvalue weighted by atomic mass is 10.6. The van der Waals surface area contributed by atoms with Crippen LogP contribution in [0.25, 0.3) is 0 Å². The summed E-state index contributed by atoms with van der Waals surface area (Å²) in [6.45, 7) is 0.858. The number of imidazole rings is 3. The summed E-state index contributed by atoms with van der Waals surface area (Å²) in [6, 6.07) is 4.01. The molecule has 3 heterocycles. The van der Waals surface area contributed by atoms with Crippen molar-refractivity contribution in [2.24, 2.45) is 5.73 Å². The largest absolute Gasteiger partial charge is 1.00 e. The molecule has 12 nitrogen and oxygen atoms in total. The lowest BCUT2D eigenvalue weighted by molar-refractivity contribution is -0.684. The Hall–Kier alpha value is -3.87. The lowest BCUT2D eigenvalue weighted by Crippen LogP contribution is -3.00. The summed E-state index contributed by atoms with van der Waals surface area (Å²) in [5, 5.41) is 24.9. The molecule has 14 heteroatoms. The zero-order chi connectivity index (χ0) is 21.5. The summed E-state index contributed by atoms with van der Waals surface area (Å²) in [4.78, 5) is 27.7. The highest BCUT2D eigenvalue weighted by Crippen LogP contribution is 1.84. The number of amides is 1. The molecule has 0 fully saturated rings. The fourth-order valence-electron chi connectivity index (χ4n) is 1.89. The van der Waals surface area contributed by atoms with Crippen molar-refractivity contribution in [1.82, 2.24) is 23.7 Å². The number of nitrogens with two attached hydrogens (primary N) is 1. The Balaban J connectivity index is 0. The molecule has 0 aliphatic heterocycles. The molecule has 0 bridgehead atoms. The predicted molar refractivity (Wildman–Crippen MR) is 104 cm³/mol. The van der Waals surface area contributed by atoms with Gasteiger partial charge < -0.3 is 32.4 Å². The van der Waals surface area contributed by atoms with Gasteiger partial charge in [-0.05, 0) is 0 Å². The summed E-state index contributed by atoms with van der Waals surface area (Å²) in [5.74, 6) is -1.21. The molecule has 31 heavy (non-hydrogen) atoms. The maximum absolute atomic E-state index is 10.2. The van der Waals surface area contributed by atoms with Crippen LogP contribution in [0.5, 0.6) is 0 Å². The predicted octanol–water partition coefficient (Wildman–Crippen LogP) is -3.42. The van der Waals surface area contributed by atoms with Gasteiger partial charge in [-0.1, -0.05) is 0 Å². The number of carbonyl (C=O) groups is 2. The van der Waals surface area contributed by atoms with Gasteiger partial charge >= 0.3 is 5.97 Å². The van der Waals surface area contributed by atoms with E-state index in [1.54, 1.807) is 63.5 Å². The molecule has 0 aliphatic carbocycles. The standard InChI is InChI=1S/C7H7N4.C5H7N3O.C5H6N2O2.2ClH/c8-1-3-10-5-6-11(7-10)4-2-9;6-5(9)3-8-2-1-7-4-8;8-5(9)3-7-2-1-6-4-7;;/h5-7H,3-4H2;1-2,4H,3H2,(H2,6,9);1-2,4H,3H2,(H,8,9);2*1H/q+1;;;;/p-1. The summed E-state index contributed by atoms with van der Waals surface area (Å²) in [6.07, 6.45) is 14.7. The van der Waals surface area contributed by atoms with Crippen LogP contribution in [0.4, 0.5) is 0 Å². The van der Waals surface area contributed by atoms with Crippen molar-refractivity contribution < 1.29 is 31.7 Å². The number of hydrogen-bond acceptors (Lipinski definition) is 6. The van der Waals surface area contributed by atoms with Crippen LogP contribution >= 0.6 is 12.4 Å². The lowest BCUT2D eigenvalue weighted by Gasteiger charge is -1.93. The number of aliphatic carboxylic acids is 1. The number of nitriles is 2. The second-order valence-corrected chi connectivity index (χ2v) is 5.40. The van der Waals surface area contributed by atoms with E-state index in [1.807, 2.05) is 12.1 Å². The molecule has 0 aromatic carbocycles. The van der Waals surface area contributed by atoms with Crippen LogP contribution in [0.3, 0.4) is 0 Å². The number of carboxylic acids is 1. The van der Waals surface area contributed by atoms with Crippen LogP contribution < -0.4 is 22.7 Å². The second-order valence-electron chi connectivity index (χ2n) is 5.40. The van der Waals surface area contributed by atoms with Crippen molar-refractivity contribution >= 4 is 24.3 Å². The third kappa shape index (κ3) is 13.9. The number of nitrogens with zero attached hydrogens (tertiary/aromatic N) is 8. The van der Waals surface area contributed by atoms with E-state index in [4.69, 9.17) is 21.4 Å². The average Bonchev–Trinajstić information content (AvgIpc) is 3.40. The highest BCUT2D eigenvalue weighted by Gasteiger charge is 2.00. The second kappa shape index (κ2) is 17.0. The molecule has 0 saturated heterocycles. The van der Waals surface area contributed by atoms with Crippen LogP contribution in [0.2, 0.25) is 0 Å². The van der Waals surface area contributed by atoms with Gasteiger partial charge in [0.2, 0.25) is 12.2 Å². The van der Waals surface area contributed by atoms with E-state index in [1.165, 1.54) is 10.9 Å². The normalized spacial score (nSPS) is 8.45. The summed E-state index contributed by atoms with van der Waals surface area (Å²) < 4.78 is 6.54. The van der Waals surface area contributed by atoms with Gasteiger partial charge in [-0.2, -0.15) is 10.5 Å². The van der Waals surface area contributed by atoms with Gasteiger partial charge in [0.05, 0.1) is 12.7 Å². The Morgan fingerprint density at radius 3 is 2.00 bits per heavy atom.